The van der Waals surface area contributed by atoms with Crippen molar-refractivity contribution in [3.8, 4) is 28.8 Å². The summed E-state index contributed by atoms with van der Waals surface area (Å²) in [5, 5.41) is 17.8. The van der Waals surface area contributed by atoms with Gasteiger partial charge in [-0.25, -0.2) is 0 Å². The number of thioether (sulfide) groups is 1. The van der Waals surface area contributed by atoms with E-state index < -0.39 is 0 Å². The molecule has 0 N–H and O–H groups in total. The Morgan fingerprint density at radius 1 is 1.13 bits per heavy atom. The lowest BCUT2D eigenvalue weighted by atomic mass is 10.2. The number of benzene rings is 1. The van der Waals surface area contributed by atoms with Gasteiger partial charge < -0.3 is 18.3 Å². The molecule has 0 unspecified atom stereocenters. The van der Waals surface area contributed by atoms with E-state index in [0.717, 1.165) is 41.7 Å². The summed E-state index contributed by atoms with van der Waals surface area (Å²) in [7, 11) is 1.65. The molecule has 1 aliphatic rings. The van der Waals surface area contributed by atoms with Gasteiger partial charge in [-0.3, -0.25) is 4.57 Å². The molecule has 160 valence electrons. The van der Waals surface area contributed by atoms with Gasteiger partial charge in [0, 0.05) is 12.2 Å². The van der Waals surface area contributed by atoms with Crippen LogP contribution < -0.4 is 4.74 Å². The SMILES string of the molecule is COc1ccc(-c2nnc(SCc3nnc(-c4ccco4)o3)n2C[C@@H]2CCCO2)cc1. The molecule has 0 spiro atoms. The summed E-state index contributed by atoms with van der Waals surface area (Å²) in [6.45, 7) is 1.49. The van der Waals surface area contributed by atoms with Crippen molar-refractivity contribution < 1.29 is 18.3 Å². The second-order valence-electron chi connectivity index (χ2n) is 7.05. The number of nitrogens with zero attached hydrogens (tertiary/aromatic N) is 5. The van der Waals surface area contributed by atoms with Gasteiger partial charge in [0.2, 0.25) is 5.89 Å². The second kappa shape index (κ2) is 8.94. The second-order valence-corrected chi connectivity index (χ2v) is 7.99. The Morgan fingerprint density at radius 2 is 2.03 bits per heavy atom. The van der Waals surface area contributed by atoms with E-state index in [4.69, 9.17) is 18.3 Å². The van der Waals surface area contributed by atoms with Crippen LogP contribution in [0.5, 0.6) is 5.75 Å². The molecule has 31 heavy (non-hydrogen) atoms. The van der Waals surface area contributed by atoms with Crippen molar-refractivity contribution in [1.29, 1.82) is 0 Å². The van der Waals surface area contributed by atoms with E-state index in [-0.39, 0.29) is 6.10 Å². The monoisotopic (exact) mass is 439 g/mol. The van der Waals surface area contributed by atoms with E-state index in [2.05, 4.69) is 25.0 Å². The number of rotatable bonds is 8. The molecule has 0 amide bonds. The van der Waals surface area contributed by atoms with Crippen LogP contribution in [-0.4, -0.2) is 44.8 Å². The fraction of sp³-hybridized carbons (Fsp3) is 0.333. The molecule has 4 aromatic rings. The lowest BCUT2D eigenvalue weighted by molar-refractivity contribution is 0.0953. The molecule has 1 fully saturated rings. The first-order valence-corrected chi connectivity index (χ1v) is 11.0. The van der Waals surface area contributed by atoms with Crippen LogP contribution in [0.15, 0.2) is 56.7 Å². The topological polar surface area (TPSA) is 101 Å². The van der Waals surface area contributed by atoms with Crippen molar-refractivity contribution in [3.63, 3.8) is 0 Å². The van der Waals surface area contributed by atoms with Gasteiger partial charge >= 0.3 is 0 Å². The van der Waals surface area contributed by atoms with Gasteiger partial charge in [-0.1, -0.05) is 11.8 Å². The highest BCUT2D eigenvalue weighted by atomic mass is 32.2. The fourth-order valence-electron chi connectivity index (χ4n) is 3.44. The summed E-state index contributed by atoms with van der Waals surface area (Å²) >= 11 is 1.50. The average Bonchev–Trinajstić information content (AvgIpc) is 3.61. The summed E-state index contributed by atoms with van der Waals surface area (Å²) in [4.78, 5) is 0. The molecular weight excluding hydrogens is 418 g/mol. The van der Waals surface area contributed by atoms with Crippen LogP contribution in [0.1, 0.15) is 18.7 Å². The van der Waals surface area contributed by atoms with E-state index in [1.165, 1.54) is 11.8 Å². The number of furan rings is 1. The summed E-state index contributed by atoms with van der Waals surface area (Å²) in [6.07, 6.45) is 3.83. The zero-order valence-corrected chi connectivity index (χ0v) is 17.7. The molecule has 5 rings (SSSR count). The summed E-state index contributed by atoms with van der Waals surface area (Å²) < 4.78 is 24.2. The minimum Gasteiger partial charge on any atom is -0.497 e. The molecule has 10 heteroatoms. The van der Waals surface area contributed by atoms with Gasteiger partial charge in [0.25, 0.3) is 5.89 Å². The molecule has 9 nitrogen and oxygen atoms in total. The van der Waals surface area contributed by atoms with Crippen LogP contribution in [0.25, 0.3) is 23.0 Å². The molecule has 0 radical (unpaired) electrons. The Bertz CT molecular complexity index is 1120. The van der Waals surface area contributed by atoms with E-state index in [1.54, 1.807) is 25.5 Å². The van der Waals surface area contributed by atoms with Crippen molar-refractivity contribution in [3.05, 3.63) is 48.6 Å². The molecule has 0 bridgehead atoms. The van der Waals surface area contributed by atoms with E-state index in [9.17, 15) is 0 Å². The van der Waals surface area contributed by atoms with Gasteiger partial charge in [-0.05, 0) is 49.2 Å². The number of hydrogen-bond acceptors (Lipinski definition) is 9. The predicted octanol–water partition coefficient (Wildman–Crippen LogP) is 4.07. The fourth-order valence-corrected chi connectivity index (χ4v) is 4.23. The Morgan fingerprint density at radius 3 is 2.77 bits per heavy atom. The highest BCUT2D eigenvalue weighted by Gasteiger charge is 2.22. The minimum absolute atomic E-state index is 0.154. The van der Waals surface area contributed by atoms with Crippen LogP contribution in [0.3, 0.4) is 0 Å². The quantitative estimate of drug-likeness (QED) is 0.376. The van der Waals surface area contributed by atoms with Gasteiger partial charge in [-0.2, -0.15) is 0 Å². The third-order valence-corrected chi connectivity index (χ3v) is 5.95. The molecule has 1 aromatic carbocycles. The Kier molecular flexibility index (Phi) is 5.72. The smallest absolute Gasteiger partial charge is 0.283 e. The van der Waals surface area contributed by atoms with Crippen molar-refractivity contribution >= 4 is 11.8 Å². The number of hydrogen-bond donors (Lipinski definition) is 0. The van der Waals surface area contributed by atoms with Gasteiger partial charge in [0.15, 0.2) is 16.7 Å². The number of aromatic nitrogens is 5. The largest absolute Gasteiger partial charge is 0.497 e. The third kappa shape index (κ3) is 4.35. The first-order valence-electron chi connectivity index (χ1n) is 9.98. The number of methoxy groups -OCH3 is 1. The van der Waals surface area contributed by atoms with Crippen molar-refractivity contribution in [2.45, 2.75) is 36.4 Å². The maximum absolute atomic E-state index is 5.86. The molecule has 4 heterocycles. The molecule has 0 saturated carbocycles. The molecule has 3 aromatic heterocycles. The molecule has 1 aliphatic heterocycles. The van der Waals surface area contributed by atoms with Crippen LogP contribution in [0.2, 0.25) is 0 Å². The van der Waals surface area contributed by atoms with E-state index in [1.807, 2.05) is 24.3 Å². The lowest BCUT2D eigenvalue weighted by Crippen LogP contribution is -2.16. The molecular formula is C21H21N5O4S. The molecule has 1 atom stereocenters. The molecule has 1 saturated heterocycles. The lowest BCUT2D eigenvalue weighted by Gasteiger charge is -2.14. The first-order chi connectivity index (χ1) is 15.3. The Hall–Kier alpha value is -3.11. The van der Waals surface area contributed by atoms with Crippen molar-refractivity contribution in [2.24, 2.45) is 0 Å². The van der Waals surface area contributed by atoms with Crippen molar-refractivity contribution in [1.82, 2.24) is 25.0 Å². The maximum Gasteiger partial charge on any atom is 0.283 e. The summed E-state index contributed by atoms with van der Waals surface area (Å²) in [6, 6.07) is 11.4. The van der Waals surface area contributed by atoms with E-state index in [0.29, 0.717) is 29.8 Å². The zero-order chi connectivity index (χ0) is 21.0. The highest BCUT2D eigenvalue weighted by Crippen LogP contribution is 2.29. The summed E-state index contributed by atoms with van der Waals surface area (Å²) in [5.41, 5.74) is 0.969. The van der Waals surface area contributed by atoms with Gasteiger partial charge in [0.05, 0.1) is 31.8 Å². The number of ether oxygens (including phenoxy) is 2. The van der Waals surface area contributed by atoms with Crippen LogP contribution in [0.4, 0.5) is 0 Å². The Balaban J connectivity index is 1.37. The first kappa shape index (κ1) is 19.8. The predicted molar refractivity (Wildman–Crippen MR) is 113 cm³/mol. The van der Waals surface area contributed by atoms with Crippen LogP contribution >= 0.6 is 11.8 Å². The Labute approximate surface area is 182 Å². The summed E-state index contributed by atoms with van der Waals surface area (Å²) in [5.74, 6) is 3.47. The highest BCUT2D eigenvalue weighted by molar-refractivity contribution is 7.98. The van der Waals surface area contributed by atoms with Crippen LogP contribution in [-0.2, 0) is 17.0 Å². The van der Waals surface area contributed by atoms with Gasteiger partial charge in [-0.15, -0.1) is 20.4 Å². The standard InChI is InChI=1S/C21H21N5O4S/c1-27-15-8-6-14(7-9-15)19-23-25-21(26(19)12-16-4-2-10-28-16)31-13-18-22-24-20(30-18)17-5-3-11-29-17/h3,5-9,11,16H,2,4,10,12-13H2,1H3/t16-/m0/s1. The minimum atomic E-state index is 0.154. The maximum atomic E-state index is 5.86. The zero-order valence-electron chi connectivity index (χ0n) is 16.9. The van der Waals surface area contributed by atoms with Crippen LogP contribution in [0, 0.1) is 0 Å². The van der Waals surface area contributed by atoms with Crippen molar-refractivity contribution in [2.75, 3.05) is 13.7 Å². The van der Waals surface area contributed by atoms with Gasteiger partial charge in [0.1, 0.15) is 5.75 Å². The van der Waals surface area contributed by atoms with E-state index >= 15 is 0 Å². The molecule has 0 aliphatic carbocycles. The average molecular weight is 439 g/mol. The normalized spacial score (nSPS) is 16.1. The third-order valence-electron chi connectivity index (χ3n) is 5.00.